The highest BCUT2D eigenvalue weighted by molar-refractivity contribution is 5.84. The lowest BCUT2D eigenvalue weighted by Gasteiger charge is -2.13. The molecule has 0 amide bonds. The summed E-state index contributed by atoms with van der Waals surface area (Å²) in [6.07, 6.45) is 0.284. The van der Waals surface area contributed by atoms with Crippen LogP contribution in [0.5, 0.6) is 0 Å². The zero-order chi connectivity index (χ0) is 23.8. The molecule has 10 heteroatoms. The van der Waals surface area contributed by atoms with Crippen molar-refractivity contribution in [3.63, 3.8) is 0 Å². The van der Waals surface area contributed by atoms with Crippen LogP contribution in [0.1, 0.15) is 66.7 Å². The number of carbonyl (C=O) groups excluding carboxylic acids is 1. The monoisotopic (exact) mass is 441 g/mol. The predicted molar refractivity (Wildman–Crippen MR) is 111 cm³/mol. The molecule has 0 unspecified atom stereocenters. The lowest BCUT2D eigenvalue weighted by molar-refractivity contribution is -0.145. The largest absolute Gasteiger partial charge is 0.475 e. The molecule has 0 bridgehead atoms. The van der Waals surface area contributed by atoms with Gasteiger partial charge in [-0.15, -0.1) is 0 Å². The van der Waals surface area contributed by atoms with Crippen LogP contribution in [0.15, 0.2) is 33.1 Å². The van der Waals surface area contributed by atoms with E-state index in [0.717, 1.165) is 0 Å². The van der Waals surface area contributed by atoms with Gasteiger partial charge >= 0.3 is 17.9 Å². The van der Waals surface area contributed by atoms with Gasteiger partial charge in [0.15, 0.2) is 0 Å². The molecule has 0 atom stereocenters. The summed E-state index contributed by atoms with van der Waals surface area (Å²) in [5.41, 5.74) is 0. The third-order valence-corrected chi connectivity index (χ3v) is 3.91. The van der Waals surface area contributed by atoms with E-state index in [2.05, 4.69) is 30.1 Å². The maximum Gasteiger partial charge on any atom is 0.371 e. The highest BCUT2D eigenvalue weighted by Gasteiger charge is 2.10. The van der Waals surface area contributed by atoms with Crippen molar-refractivity contribution in [1.29, 1.82) is 0 Å². The number of esters is 1. The molecular weight excluding hydrogens is 410 g/mol. The number of aliphatic hydroxyl groups is 1. The van der Waals surface area contributed by atoms with Crippen LogP contribution >= 0.6 is 0 Å². The fourth-order valence-electron chi connectivity index (χ4n) is 2.07. The summed E-state index contributed by atoms with van der Waals surface area (Å²) in [4.78, 5) is 33.7. The van der Waals surface area contributed by atoms with E-state index in [1.165, 1.54) is 43.9 Å². The summed E-state index contributed by atoms with van der Waals surface area (Å²) >= 11 is 0. The highest BCUT2D eigenvalue weighted by atomic mass is 16.5. The first-order valence-corrected chi connectivity index (χ1v) is 9.84. The zero-order valence-electron chi connectivity index (χ0n) is 18.3. The minimum absolute atomic E-state index is 0.0278. The van der Waals surface area contributed by atoms with Crippen molar-refractivity contribution in [2.24, 2.45) is 0 Å². The van der Waals surface area contributed by atoms with Crippen LogP contribution in [-0.2, 0) is 22.7 Å². The molecule has 2 aromatic rings. The SMILES string of the molecule is CCC(=O)OCc1ccc(C(=O)O)o1.CCN(CC)CC.O=C(O)c1ccc(CO)o1. The predicted octanol–water partition coefficient (Wildman–Crippen LogP) is 3.25. The average Bonchev–Trinajstić information content (AvgIpc) is 3.44. The lowest BCUT2D eigenvalue weighted by Crippen LogP contribution is -2.21. The highest BCUT2D eigenvalue weighted by Crippen LogP contribution is 2.09. The molecule has 0 saturated heterocycles. The second-order valence-electron chi connectivity index (χ2n) is 5.93. The van der Waals surface area contributed by atoms with E-state index >= 15 is 0 Å². The normalized spacial score (nSPS) is 9.87. The minimum Gasteiger partial charge on any atom is -0.475 e. The summed E-state index contributed by atoms with van der Waals surface area (Å²) in [5, 5.41) is 25.3. The van der Waals surface area contributed by atoms with E-state index in [9.17, 15) is 14.4 Å². The fraction of sp³-hybridized carbons (Fsp3) is 0.476. The van der Waals surface area contributed by atoms with Gasteiger partial charge in [0.25, 0.3) is 0 Å². The van der Waals surface area contributed by atoms with E-state index < -0.39 is 11.9 Å². The number of aliphatic hydroxyl groups excluding tert-OH is 1. The van der Waals surface area contributed by atoms with Crippen molar-refractivity contribution in [3.05, 3.63) is 47.3 Å². The molecule has 0 aliphatic rings. The van der Waals surface area contributed by atoms with Gasteiger partial charge in [-0.2, -0.15) is 0 Å². The van der Waals surface area contributed by atoms with Gasteiger partial charge in [-0.05, 0) is 43.9 Å². The van der Waals surface area contributed by atoms with Crippen LogP contribution in [0, 0.1) is 0 Å². The Morgan fingerprint density at radius 3 is 1.58 bits per heavy atom. The molecule has 31 heavy (non-hydrogen) atoms. The van der Waals surface area contributed by atoms with Crippen molar-refractivity contribution in [3.8, 4) is 0 Å². The van der Waals surface area contributed by atoms with Crippen molar-refractivity contribution in [2.75, 3.05) is 19.6 Å². The maximum absolute atomic E-state index is 10.7. The van der Waals surface area contributed by atoms with Crippen LogP contribution in [-0.4, -0.2) is 57.8 Å². The summed E-state index contributed by atoms with van der Waals surface area (Å²) in [6.45, 7) is 11.5. The lowest BCUT2D eigenvalue weighted by atomic mass is 10.4. The van der Waals surface area contributed by atoms with E-state index in [0.29, 0.717) is 5.76 Å². The quantitative estimate of drug-likeness (QED) is 0.495. The topological polar surface area (TPSA) is 151 Å². The Kier molecular flexibility index (Phi) is 14.1. The Bertz CT molecular complexity index is 785. The molecule has 0 aliphatic heterocycles. The van der Waals surface area contributed by atoms with Gasteiger partial charge in [0.05, 0.1) is 0 Å². The van der Waals surface area contributed by atoms with Gasteiger partial charge in [0.1, 0.15) is 24.7 Å². The second kappa shape index (κ2) is 15.7. The molecular formula is C21H31NO9. The molecule has 2 heterocycles. The number of carboxylic acid groups (broad SMARTS) is 2. The minimum atomic E-state index is -1.14. The number of carboxylic acids is 2. The van der Waals surface area contributed by atoms with Gasteiger partial charge < -0.3 is 33.8 Å². The van der Waals surface area contributed by atoms with Crippen LogP contribution in [0.3, 0.4) is 0 Å². The summed E-state index contributed by atoms with van der Waals surface area (Å²) in [5.74, 6) is -2.34. The molecule has 2 aromatic heterocycles. The molecule has 0 spiro atoms. The zero-order valence-corrected chi connectivity index (χ0v) is 18.3. The average molecular weight is 441 g/mol. The number of rotatable bonds is 9. The van der Waals surface area contributed by atoms with Crippen LogP contribution in [0.2, 0.25) is 0 Å². The number of hydrogen-bond acceptors (Lipinski definition) is 8. The Labute approximate surface area is 181 Å². The molecule has 10 nitrogen and oxygen atoms in total. The van der Waals surface area contributed by atoms with Gasteiger partial charge in [-0.3, -0.25) is 4.79 Å². The summed E-state index contributed by atoms with van der Waals surface area (Å²) in [7, 11) is 0. The van der Waals surface area contributed by atoms with Crippen LogP contribution in [0.4, 0.5) is 0 Å². The first-order valence-electron chi connectivity index (χ1n) is 9.84. The Hall–Kier alpha value is -3.11. The molecule has 174 valence electrons. The Morgan fingerprint density at radius 2 is 1.29 bits per heavy atom. The molecule has 0 radical (unpaired) electrons. The molecule has 2 rings (SSSR count). The summed E-state index contributed by atoms with van der Waals surface area (Å²) in [6, 6.07) is 5.50. The summed E-state index contributed by atoms with van der Waals surface area (Å²) < 4.78 is 14.3. The van der Waals surface area contributed by atoms with E-state index in [1.54, 1.807) is 6.92 Å². The van der Waals surface area contributed by atoms with Crippen LogP contribution in [0.25, 0.3) is 0 Å². The van der Waals surface area contributed by atoms with Crippen molar-refractivity contribution in [1.82, 2.24) is 4.90 Å². The fourth-order valence-corrected chi connectivity index (χ4v) is 2.07. The maximum atomic E-state index is 10.7. The van der Waals surface area contributed by atoms with Gasteiger partial charge in [-0.25, -0.2) is 9.59 Å². The smallest absolute Gasteiger partial charge is 0.371 e. The number of aromatic carboxylic acids is 2. The second-order valence-corrected chi connectivity index (χ2v) is 5.93. The number of furan rings is 2. The number of ether oxygens (including phenoxy) is 1. The molecule has 0 saturated carbocycles. The Balaban J connectivity index is 0.000000465. The number of hydrogen-bond donors (Lipinski definition) is 3. The van der Waals surface area contributed by atoms with E-state index in [4.69, 9.17) is 24.5 Å². The van der Waals surface area contributed by atoms with Crippen molar-refractivity contribution < 1.29 is 43.3 Å². The van der Waals surface area contributed by atoms with Crippen molar-refractivity contribution >= 4 is 17.9 Å². The van der Waals surface area contributed by atoms with Gasteiger partial charge in [-0.1, -0.05) is 27.7 Å². The molecule has 0 aromatic carbocycles. The van der Waals surface area contributed by atoms with Crippen LogP contribution < -0.4 is 0 Å². The van der Waals surface area contributed by atoms with Crippen molar-refractivity contribution in [2.45, 2.75) is 47.3 Å². The first kappa shape index (κ1) is 27.9. The number of carbonyl (C=O) groups is 3. The van der Waals surface area contributed by atoms with Gasteiger partial charge in [0, 0.05) is 6.42 Å². The Morgan fingerprint density at radius 1 is 0.839 bits per heavy atom. The number of nitrogens with zero attached hydrogens (tertiary/aromatic N) is 1. The standard InChI is InChI=1S/C9H10O5.C6H15N.C6H6O4/c1-2-8(10)13-5-6-3-4-7(14-6)9(11)12;1-4-7(5-2)6-3;7-3-4-1-2-5(10-4)6(8)9/h3-4H,2,5H2,1H3,(H,11,12);4-6H2,1-3H3;1-2,7H,3H2,(H,8,9). The molecule has 0 fully saturated rings. The third-order valence-electron chi connectivity index (χ3n) is 3.91. The van der Waals surface area contributed by atoms with E-state index in [1.807, 2.05) is 0 Å². The third kappa shape index (κ3) is 11.6. The molecule has 3 N–H and O–H groups in total. The first-order chi connectivity index (χ1) is 14.7. The molecule has 0 aliphatic carbocycles. The van der Waals surface area contributed by atoms with Gasteiger partial charge in [0.2, 0.25) is 11.5 Å². The van der Waals surface area contributed by atoms with E-state index in [-0.39, 0.29) is 42.9 Å².